The van der Waals surface area contributed by atoms with Gasteiger partial charge in [-0.25, -0.2) is 4.98 Å². The molecule has 1 heterocycles. The molecule has 0 saturated heterocycles. The highest BCUT2D eigenvalue weighted by Crippen LogP contribution is 2.26. The molecule has 0 fully saturated rings. The molecule has 0 aromatic carbocycles. The lowest BCUT2D eigenvalue weighted by molar-refractivity contribution is 0.327. The number of rotatable bonds is 5. The number of nitrogens with zero attached hydrogens (tertiary/aromatic N) is 2. The molecular weight excluding hydrogens is 204 g/mol. The van der Waals surface area contributed by atoms with Crippen molar-refractivity contribution in [2.45, 2.75) is 40.2 Å². The fraction of sp³-hybridized carbons (Fsp3) is 0.636. The fourth-order valence-electron chi connectivity index (χ4n) is 1.28. The molecule has 1 rings (SSSR count). The number of aryl methyl sites for hydroxylation is 1. The van der Waals surface area contributed by atoms with Gasteiger partial charge in [-0.1, -0.05) is 6.92 Å². The maximum Gasteiger partial charge on any atom is 0.242 e. The monoisotopic (exact) mass is 224 g/mol. The van der Waals surface area contributed by atoms with Crippen molar-refractivity contribution in [2.24, 2.45) is 0 Å². The van der Waals surface area contributed by atoms with Crippen molar-refractivity contribution in [3.8, 4) is 5.88 Å². The lowest BCUT2D eigenvalue weighted by atomic mass is 10.3. The van der Waals surface area contributed by atoms with Crippen LogP contribution in [0, 0.1) is 0 Å². The summed E-state index contributed by atoms with van der Waals surface area (Å²) >= 11 is 0. The van der Waals surface area contributed by atoms with Crippen LogP contribution in [0.1, 0.15) is 33.5 Å². The van der Waals surface area contributed by atoms with Crippen molar-refractivity contribution >= 4 is 11.5 Å². The first-order chi connectivity index (χ1) is 7.58. The molecule has 1 aromatic heterocycles. The number of nitrogens with one attached hydrogen (secondary N) is 1. The Labute approximate surface area is 96.4 Å². The molecule has 0 atom stereocenters. The number of ether oxygens (including phenoxy) is 1. The fourth-order valence-corrected chi connectivity index (χ4v) is 1.28. The zero-order valence-corrected chi connectivity index (χ0v) is 10.4. The van der Waals surface area contributed by atoms with E-state index in [2.05, 4.69) is 15.3 Å². The standard InChI is InChI=1S/C11H20N4O/c1-5-8-14-10(13-7(3)4)9(12)11(15-8)16-6-2/h7H,5-6,12H2,1-4H3,(H,13,14,15). The predicted octanol–water partition coefficient (Wildman–Crippen LogP) is 1.84. The molecule has 3 N–H and O–H groups in total. The minimum absolute atomic E-state index is 0.274. The summed E-state index contributed by atoms with van der Waals surface area (Å²) < 4.78 is 5.39. The Kier molecular flexibility index (Phi) is 4.34. The van der Waals surface area contributed by atoms with Crippen LogP contribution in [0.5, 0.6) is 5.88 Å². The molecule has 0 saturated carbocycles. The average molecular weight is 224 g/mol. The van der Waals surface area contributed by atoms with Crippen molar-refractivity contribution in [2.75, 3.05) is 17.7 Å². The van der Waals surface area contributed by atoms with Gasteiger partial charge in [0, 0.05) is 12.5 Å². The van der Waals surface area contributed by atoms with E-state index >= 15 is 0 Å². The lowest BCUT2D eigenvalue weighted by Gasteiger charge is -2.14. The molecule has 0 spiro atoms. The van der Waals surface area contributed by atoms with Gasteiger partial charge in [-0.15, -0.1) is 0 Å². The van der Waals surface area contributed by atoms with Gasteiger partial charge in [-0.05, 0) is 20.8 Å². The number of hydrogen-bond acceptors (Lipinski definition) is 5. The Morgan fingerprint density at radius 2 is 2.00 bits per heavy atom. The zero-order valence-electron chi connectivity index (χ0n) is 10.4. The second-order valence-corrected chi connectivity index (χ2v) is 3.79. The molecule has 0 aliphatic rings. The van der Waals surface area contributed by atoms with Gasteiger partial charge in [0.25, 0.3) is 0 Å². The number of nitrogens with two attached hydrogens (primary N) is 1. The van der Waals surface area contributed by atoms with Gasteiger partial charge in [-0.2, -0.15) is 4.98 Å². The highest BCUT2D eigenvalue weighted by molar-refractivity contribution is 5.67. The number of aromatic nitrogens is 2. The van der Waals surface area contributed by atoms with Gasteiger partial charge < -0.3 is 15.8 Å². The van der Waals surface area contributed by atoms with Crippen LogP contribution in [-0.4, -0.2) is 22.6 Å². The van der Waals surface area contributed by atoms with Crippen LogP contribution in [0.25, 0.3) is 0 Å². The molecule has 0 unspecified atom stereocenters. The molecule has 16 heavy (non-hydrogen) atoms. The van der Waals surface area contributed by atoms with Crippen LogP contribution in [-0.2, 0) is 6.42 Å². The van der Waals surface area contributed by atoms with Crippen molar-refractivity contribution in [1.82, 2.24) is 9.97 Å². The van der Waals surface area contributed by atoms with E-state index in [1.165, 1.54) is 0 Å². The molecule has 0 radical (unpaired) electrons. The Bertz CT molecular complexity index is 352. The molecule has 0 amide bonds. The van der Waals surface area contributed by atoms with Gasteiger partial charge in [0.1, 0.15) is 11.5 Å². The number of nitrogen functional groups attached to an aromatic ring is 1. The van der Waals surface area contributed by atoms with Crippen molar-refractivity contribution < 1.29 is 4.74 Å². The summed E-state index contributed by atoms with van der Waals surface area (Å²) in [7, 11) is 0. The molecule has 5 nitrogen and oxygen atoms in total. The SMILES string of the molecule is CCOc1nc(CC)nc(NC(C)C)c1N. The largest absolute Gasteiger partial charge is 0.476 e. The minimum Gasteiger partial charge on any atom is -0.476 e. The van der Waals surface area contributed by atoms with Crippen molar-refractivity contribution in [1.29, 1.82) is 0 Å². The zero-order chi connectivity index (χ0) is 12.1. The van der Waals surface area contributed by atoms with E-state index in [0.29, 0.717) is 24.0 Å². The summed E-state index contributed by atoms with van der Waals surface area (Å²) in [6.07, 6.45) is 0.757. The van der Waals surface area contributed by atoms with Crippen LogP contribution in [0.3, 0.4) is 0 Å². The van der Waals surface area contributed by atoms with E-state index in [9.17, 15) is 0 Å². The normalized spacial score (nSPS) is 10.6. The molecule has 90 valence electrons. The van der Waals surface area contributed by atoms with Crippen LogP contribution < -0.4 is 15.8 Å². The summed E-state index contributed by atoms with van der Waals surface area (Å²) in [5, 5.41) is 3.19. The van der Waals surface area contributed by atoms with E-state index in [0.717, 1.165) is 12.2 Å². The Balaban J connectivity index is 3.09. The topological polar surface area (TPSA) is 73.1 Å². The Morgan fingerprint density at radius 1 is 1.31 bits per heavy atom. The number of hydrogen-bond donors (Lipinski definition) is 2. The first-order valence-corrected chi connectivity index (χ1v) is 5.64. The smallest absolute Gasteiger partial charge is 0.242 e. The van der Waals surface area contributed by atoms with Gasteiger partial charge in [0.15, 0.2) is 5.82 Å². The summed E-state index contributed by atoms with van der Waals surface area (Å²) in [5.41, 5.74) is 6.41. The first-order valence-electron chi connectivity index (χ1n) is 5.64. The summed E-state index contributed by atoms with van der Waals surface area (Å²) in [6, 6.07) is 0.274. The van der Waals surface area contributed by atoms with E-state index in [4.69, 9.17) is 10.5 Å². The second kappa shape index (κ2) is 5.53. The van der Waals surface area contributed by atoms with Gasteiger partial charge in [0.05, 0.1) is 6.61 Å². The van der Waals surface area contributed by atoms with Crippen LogP contribution in [0.15, 0.2) is 0 Å². The highest BCUT2D eigenvalue weighted by atomic mass is 16.5. The molecular formula is C11H20N4O. The van der Waals surface area contributed by atoms with Gasteiger partial charge in [0.2, 0.25) is 5.88 Å². The van der Waals surface area contributed by atoms with Crippen LogP contribution in [0.4, 0.5) is 11.5 Å². The molecule has 0 aliphatic carbocycles. The molecule has 0 bridgehead atoms. The highest BCUT2D eigenvalue weighted by Gasteiger charge is 2.12. The van der Waals surface area contributed by atoms with Crippen molar-refractivity contribution in [3.05, 3.63) is 5.82 Å². The minimum atomic E-state index is 0.274. The first kappa shape index (κ1) is 12.5. The maximum absolute atomic E-state index is 5.93. The van der Waals surface area contributed by atoms with Crippen LogP contribution >= 0.6 is 0 Å². The quantitative estimate of drug-likeness (QED) is 0.798. The van der Waals surface area contributed by atoms with E-state index in [-0.39, 0.29) is 6.04 Å². The Hall–Kier alpha value is -1.52. The third kappa shape index (κ3) is 2.98. The van der Waals surface area contributed by atoms with E-state index in [1.54, 1.807) is 0 Å². The van der Waals surface area contributed by atoms with E-state index < -0.39 is 0 Å². The lowest BCUT2D eigenvalue weighted by Crippen LogP contribution is -2.15. The third-order valence-electron chi connectivity index (χ3n) is 1.98. The van der Waals surface area contributed by atoms with Gasteiger partial charge >= 0.3 is 0 Å². The number of anilines is 2. The average Bonchev–Trinajstić information content (AvgIpc) is 2.23. The Morgan fingerprint density at radius 3 is 2.50 bits per heavy atom. The predicted molar refractivity (Wildman–Crippen MR) is 65.8 cm³/mol. The van der Waals surface area contributed by atoms with Gasteiger partial charge in [-0.3, -0.25) is 0 Å². The summed E-state index contributed by atoms with van der Waals surface area (Å²) in [6.45, 7) is 8.52. The second-order valence-electron chi connectivity index (χ2n) is 3.79. The third-order valence-corrected chi connectivity index (χ3v) is 1.98. The summed E-state index contributed by atoms with van der Waals surface area (Å²) in [4.78, 5) is 8.60. The van der Waals surface area contributed by atoms with E-state index in [1.807, 2.05) is 27.7 Å². The van der Waals surface area contributed by atoms with Crippen molar-refractivity contribution in [3.63, 3.8) is 0 Å². The molecule has 1 aromatic rings. The maximum atomic E-state index is 5.93. The molecule has 0 aliphatic heterocycles. The summed E-state index contributed by atoms with van der Waals surface area (Å²) in [5.74, 6) is 1.86. The van der Waals surface area contributed by atoms with Crippen LogP contribution in [0.2, 0.25) is 0 Å². The molecule has 5 heteroatoms.